The SMILES string of the molecule is C[C@@H]1NS(=O)(=O)NC1=O. The molecule has 1 rings (SSSR count). The Morgan fingerprint density at radius 2 is 2.11 bits per heavy atom. The molecule has 0 aromatic heterocycles. The molecule has 2 N–H and O–H groups in total. The largest absolute Gasteiger partial charge is 0.302 e. The zero-order chi connectivity index (χ0) is 7.07. The van der Waals surface area contributed by atoms with E-state index in [1.165, 1.54) is 6.92 Å². The first kappa shape index (κ1) is 6.50. The summed E-state index contributed by atoms with van der Waals surface area (Å²) in [5.41, 5.74) is 0. The second-order valence-corrected chi connectivity index (χ2v) is 3.26. The van der Waals surface area contributed by atoms with E-state index in [-0.39, 0.29) is 0 Å². The van der Waals surface area contributed by atoms with Crippen LogP contribution in [0.4, 0.5) is 0 Å². The number of carbonyl (C=O) groups excluding carboxylic acids is 1. The molecule has 6 heteroatoms. The van der Waals surface area contributed by atoms with Gasteiger partial charge in [0.2, 0.25) is 0 Å². The minimum Gasteiger partial charge on any atom is -0.272 e. The third kappa shape index (κ3) is 1.19. The molecular formula is C3H6N2O3S. The van der Waals surface area contributed by atoms with Crippen LogP contribution in [0.2, 0.25) is 0 Å². The average molecular weight is 150 g/mol. The first-order valence-electron chi connectivity index (χ1n) is 2.35. The molecule has 0 aromatic carbocycles. The van der Waals surface area contributed by atoms with Crippen LogP contribution in [0.25, 0.3) is 0 Å². The highest BCUT2D eigenvalue weighted by Crippen LogP contribution is 1.94. The van der Waals surface area contributed by atoms with E-state index in [9.17, 15) is 13.2 Å². The quantitative estimate of drug-likeness (QED) is 0.434. The molecule has 52 valence electrons. The van der Waals surface area contributed by atoms with Gasteiger partial charge in [0.05, 0.1) is 0 Å². The van der Waals surface area contributed by atoms with Crippen molar-refractivity contribution in [1.82, 2.24) is 9.44 Å². The first-order valence-corrected chi connectivity index (χ1v) is 3.83. The van der Waals surface area contributed by atoms with Gasteiger partial charge in [-0.25, -0.2) is 4.72 Å². The van der Waals surface area contributed by atoms with Crippen LogP contribution in [-0.4, -0.2) is 20.4 Å². The Bertz CT molecular complexity index is 231. The van der Waals surface area contributed by atoms with Gasteiger partial charge in [0, 0.05) is 0 Å². The maximum absolute atomic E-state index is 10.4. The summed E-state index contributed by atoms with van der Waals surface area (Å²) in [7, 11) is -3.49. The lowest BCUT2D eigenvalue weighted by atomic mass is 10.4. The summed E-state index contributed by atoms with van der Waals surface area (Å²) in [5, 5.41) is 0. The van der Waals surface area contributed by atoms with E-state index in [4.69, 9.17) is 0 Å². The molecule has 1 amide bonds. The van der Waals surface area contributed by atoms with Gasteiger partial charge in [-0.2, -0.15) is 13.1 Å². The van der Waals surface area contributed by atoms with Crippen LogP contribution in [0.1, 0.15) is 6.92 Å². The van der Waals surface area contributed by atoms with Crippen molar-refractivity contribution in [1.29, 1.82) is 0 Å². The predicted molar refractivity (Wildman–Crippen MR) is 29.7 cm³/mol. The molecule has 0 aliphatic carbocycles. The second-order valence-electron chi connectivity index (χ2n) is 1.81. The molecule has 1 saturated heterocycles. The second kappa shape index (κ2) is 1.68. The van der Waals surface area contributed by atoms with Gasteiger partial charge in [0.15, 0.2) is 0 Å². The molecule has 1 fully saturated rings. The van der Waals surface area contributed by atoms with Crippen molar-refractivity contribution in [2.75, 3.05) is 0 Å². The van der Waals surface area contributed by atoms with Crippen LogP contribution >= 0.6 is 0 Å². The summed E-state index contributed by atoms with van der Waals surface area (Å²) >= 11 is 0. The first-order chi connectivity index (χ1) is 4.01. The number of carbonyl (C=O) groups is 1. The van der Waals surface area contributed by atoms with Gasteiger partial charge in [0.25, 0.3) is 5.91 Å². The monoisotopic (exact) mass is 150 g/mol. The van der Waals surface area contributed by atoms with Gasteiger partial charge in [-0.05, 0) is 6.92 Å². The normalized spacial score (nSPS) is 32.1. The fraction of sp³-hybridized carbons (Fsp3) is 0.667. The van der Waals surface area contributed by atoms with Crippen LogP contribution in [0, 0.1) is 0 Å². The number of rotatable bonds is 0. The summed E-state index contributed by atoms with van der Waals surface area (Å²) < 4.78 is 24.6. The number of amides is 1. The van der Waals surface area contributed by atoms with E-state index < -0.39 is 22.2 Å². The highest BCUT2D eigenvalue weighted by atomic mass is 32.2. The maximum Gasteiger partial charge on any atom is 0.302 e. The maximum atomic E-state index is 10.4. The smallest absolute Gasteiger partial charge is 0.272 e. The third-order valence-electron chi connectivity index (χ3n) is 0.960. The Morgan fingerprint density at radius 1 is 1.56 bits per heavy atom. The lowest BCUT2D eigenvalue weighted by Gasteiger charge is -1.90. The van der Waals surface area contributed by atoms with Crippen molar-refractivity contribution in [3.63, 3.8) is 0 Å². The van der Waals surface area contributed by atoms with Crippen LogP contribution < -0.4 is 9.44 Å². The minimum atomic E-state index is -3.49. The molecule has 5 nitrogen and oxygen atoms in total. The predicted octanol–water partition coefficient (Wildman–Crippen LogP) is -1.66. The molecule has 0 aromatic rings. The van der Waals surface area contributed by atoms with Crippen molar-refractivity contribution < 1.29 is 13.2 Å². The lowest BCUT2D eigenvalue weighted by molar-refractivity contribution is -0.119. The van der Waals surface area contributed by atoms with E-state index in [1.807, 2.05) is 0 Å². The zero-order valence-corrected chi connectivity index (χ0v) is 5.53. The van der Waals surface area contributed by atoms with Gasteiger partial charge in [-0.15, -0.1) is 0 Å². The van der Waals surface area contributed by atoms with Crippen LogP contribution in [0.15, 0.2) is 0 Å². The molecule has 9 heavy (non-hydrogen) atoms. The molecule has 0 radical (unpaired) electrons. The highest BCUT2D eigenvalue weighted by molar-refractivity contribution is 7.88. The number of hydrogen-bond acceptors (Lipinski definition) is 3. The van der Waals surface area contributed by atoms with E-state index in [1.54, 1.807) is 4.72 Å². The zero-order valence-electron chi connectivity index (χ0n) is 4.71. The Morgan fingerprint density at radius 3 is 2.22 bits per heavy atom. The molecule has 1 heterocycles. The molecular weight excluding hydrogens is 144 g/mol. The molecule has 0 unspecified atom stereocenters. The van der Waals surface area contributed by atoms with Crippen molar-refractivity contribution in [3.05, 3.63) is 0 Å². The molecule has 0 bridgehead atoms. The fourth-order valence-corrected chi connectivity index (χ4v) is 1.61. The van der Waals surface area contributed by atoms with Gasteiger partial charge in [0.1, 0.15) is 6.04 Å². The molecule has 1 aliphatic heterocycles. The van der Waals surface area contributed by atoms with E-state index in [0.717, 1.165) is 0 Å². The Labute approximate surface area is 52.6 Å². The third-order valence-corrected chi connectivity index (χ3v) is 2.09. The van der Waals surface area contributed by atoms with Crippen LogP contribution in [0.3, 0.4) is 0 Å². The topological polar surface area (TPSA) is 75.3 Å². The summed E-state index contributed by atoms with van der Waals surface area (Å²) in [6.45, 7) is 1.47. The molecule has 0 spiro atoms. The van der Waals surface area contributed by atoms with Crippen molar-refractivity contribution >= 4 is 16.1 Å². The number of hydrogen-bond donors (Lipinski definition) is 2. The summed E-state index contributed by atoms with van der Waals surface area (Å²) in [6.07, 6.45) is 0. The van der Waals surface area contributed by atoms with E-state index in [2.05, 4.69) is 4.72 Å². The van der Waals surface area contributed by atoms with Gasteiger partial charge in [-0.1, -0.05) is 0 Å². The number of nitrogens with one attached hydrogen (secondary N) is 2. The Balaban J connectivity index is 2.90. The van der Waals surface area contributed by atoms with Crippen molar-refractivity contribution in [2.45, 2.75) is 13.0 Å². The van der Waals surface area contributed by atoms with E-state index in [0.29, 0.717) is 0 Å². The summed E-state index contributed by atoms with van der Waals surface area (Å²) in [5.74, 6) is -0.505. The fourth-order valence-electron chi connectivity index (χ4n) is 0.537. The van der Waals surface area contributed by atoms with Gasteiger partial charge in [-0.3, -0.25) is 4.79 Å². The molecule has 1 atom stereocenters. The van der Waals surface area contributed by atoms with Crippen LogP contribution in [0.5, 0.6) is 0 Å². The van der Waals surface area contributed by atoms with Crippen molar-refractivity contribution in [2.24, 2.45) is 0 Å². The summed E-state index contributed by atoms with van der Waals surface area (Å²) in [6, 6.07) is -0.630. The molecule has 0 saturated carbocycles. The average Bonchev–Trinajstić information content (AvgIpc) is 1.79. The Hall–Kier alpha value is -0.620. The lowest BCUT2D eigenvalue weighted by Crippen LogP contribution is -2.25. The van der Waals surface area contributed by atoms with Crippen molar-refractivity contribution in [3.8, 4) is 0 Å². The van der Waals surface area contributed by atoms with Gasteiger partial charge >= 0.3 is 10.2 Å². The standard InChI is InChI=1S/C3H6N2O3S/c1-2-3(6)5-9(7,8)4-2/h2,4H,1H3,(H,5,6)/t2-/m0/s1. The minimum absolute atomic E-state index is 0.505. The Kier molecular flexibility index (Phi) is 1.21. The summed E-state index contributed by atoms with van der Waals surface area (Å²) in [4.78, 5) is 10.4. The van der Waals surface area contributed by atoms with Gasteiger partial charge < -0.3 is 0 Å². The van der Waals surface area contributed by atoms with Crippen LogP contribution in [-0.2, 0) is 15.0 Å². The molecule has 1 aliphatic rings. The highest BCUT2D eigenvalue weighted by Gasteiger charge is 2.30. The van der Waals surface area contributed by atoms with E-state index >= 15 is 0 Å².